The van der Waals surface area contributed by atoms with E-state index in [0.29, 0.717) is 12.1 Å². The molecule has 0 radical (unpaired) electrons. The molecule has 2 rings (SSSR count). The van der Waals surface area contributed by atoms with Crippen molar-refractivity contribution in [1.82, 2.24) is 0 Å². The summed E-state index contributed by atoms with van der Waals surface area (Å²) >= 11 is 0. The largest absolute Gasteiger partial charge is 0.381 e. The number of rotatable bonds is 5. The van der Waals surface area contributed by atoms with Gasteiger partial charge in [-0.05, 0) is 23.3 Å². The molecule has 1 amide bonds. The highest BCUT2D eigenvalue weighted by atomic mass is 16.1. The fourth-order valence-electron chi connectivity index (χ4n) is 1.90. The molecular weight excluding hydrogens is 236 g/mol. The van der Waals surface area contributed by atoms with Crippen LogP contribution in [-0.4, -0.2) is 12.5 Å². The van der Waals surface area contributed by atoms with E-state index in [2.05, 4.69) is 11.9 Å². The zero-order valence-electron chi connectivity index (χ0n) is 10.6. The van der Waals surface area contributed by atoms with Crippen LogP contribution in [0.15, 0.2) is 61.2 Å². The minimum atomic E-state index is -0.439. The lowest BCUT2D eigenvalue weighted by Gasteiger charge is -2.11. The Balaban J connectivity index is 2.43. The second-order valence-corrected chi connectivity index (χ2v) is 4.16. The molecule has 0 unspecified atom stereocenters. The first-order valence-corrected chi connectivity index (χ1v) is 6.06. The number of hydrogen-bond acceptors (Lipinski definition) is 2. The maximum absolute atomic E-state index is 11.4. The molecule has 0 aliphatic carbocycles. The molecule has 0 spiro atoms. The summed E-state index contributed by atoms with van der Waals surface area (Å²) < 4.78 is 0. The van der Waals surface area contributed by atoms with Crippen molar-refractivity contribution < 1.29 is 4.79 Å². The van der Waals surface area contributed by atoms with Gasteiger partial charge >= 0.3 is 0 Å². The van der Waals surface area contributed by atoms with Crippen molar-refractivity contribution in [2.75, 3.05) is 11.9 Å². The Kier molecular flexibility index (Phi) is 3.98. The van der Waals surface area contributed by atoms with Crippen LogP contribution in [0.2, 0.25) is 0 Å². The first-order chi connectivity index (χ1) is 9.22. The fraction of sp³-hybridized carbons (Fsp3) is 0.0625. The van der Waals surface area contributed by atoms with Gasteiger partial charge in [-0.1, -0.05) is 42.5 Å². The summed E-state index contributed by atoms with van der Waals surface area (Å²) in [7, 11) is 0. The minimum Gasteiger partial charge on any atom is -0.381 e. The van der Waals surface area contributed by atoms with Gasteiger partial charge in [0.25, 0.3) is 5.91 Å². The van der Waals surface area contributed by atoms with Gasteiger partial charge < -0.3 is 11.1 Å². The molecule has 3 nitrogen and oxygen atoms in total. The average molecular weight is 252 g/mol. The van der Waals surface area contributed by atoms with E-state index in [-0.39, 0.29) is 0 Å². The predicted octanol–water partition coefficient (Wildman–Crippen LogP) is 3.05. The Morgan fingerprint density at radius 2 is 1.89 bits per heavy atom. The number of carbonyl (C=O) groups is 1. The zero-order chi connectivity index (χ0) is 13.7. The van der Waals surface area contributed by atoms with E-state index < -0.39 is 5.91 Å². The Morgan fingerprint density at radius 3 is 2.53 bits per heavy atom. The average Bonchev–Trinajstić information content (AvgIpc) is 2.45. The SMILES string of the molecule is C=CCNc1cc(-c2ccccc2)ccc1C(N)=O. The van der Waals surface area contributed by atoms with Gasteiger partial charge in [-0.25, -0.2) is 0 Å². The second-order valence-electron chi connectivity index (χ2n) is 4.16. The van der Waals surface area contributed by atoms with E-state index in [1.54, 1.807) is 12.1 Å². The van der Waals surface area contributed by atoms with E-state index in [1.165, 1.54) is 0 Å². The number of amides is 1. The van der Waals surface area contributed by atoms with Crippen LogP contribution >= 0.6 is 0 Å². The van der Waals surface area contributed by atoms with Crippen LogP contribution in [0.4, 0.5) is 5.69 Å². The first kappa shape index (κ1) is 12.9. The Morgan fingerprint density at radius 1 is 1.16 bits per heavy atom. The van der Waals surface area contributed by atoms with Gasteiger partial charge in [0.1, 0.15) is 0 Å². The van der Waals surface area contributed by atoms with Crippen LogP contribution in [0, 0.1) is 0 Å². The highest BCUT2D eigenvalue weighted by molar-refractivity contribution is 5.99. The smallest absolute Gasteiger partial charge is 0.250 e. The van der Waals surface area contributed by atoms with E-state index in [9.17, 15) is 4.79 Å². The third-order valence-corrected chi connectivity index (χ3v) is 2.83. The van der Waals surface area contributed by atoms with E-state index in [4.69, 9.17) is 5.73 Å². The minimum absolute atomic E-state index is 0.439. The highest BCUT2D eigenvalue weighted by Gasteiger charge is 2.09. The number of primary amides is 1. The molecule has 96 valence electrons. The summed E-state index contributed by atoms with van der Waals surface area (Å²) in [6.07, 6.45) is 1.74. The van der Waals surface area contributed by atoms with Gasteiger partial charge in [-0.15, -0.1) is 6.58 Å². The lowest BCUT2D eigenvalue weighted by atomic mass is 10.0. The van der Waals surface area contributed by atoms with Crippen molar-refractivity contribution in [2.24, 2.45) is 5.73 Å². The molecule has 0 saturated heterocycles. The molecule has 2 aromatic carbocycles. The molecule has 0 bridgehead atoms. The summed E-state index contributed by atoms with van der Waals surface area (Å²) in [5.41, 5.74) is 8.72. The number of nitrogens with one attached hydrogen (secondary N) is 1. The van der Waals surface area contributed by atoms with Crippen molar-refractivity contribution in [1.29, 1.82) is 0 Å². The lowest BCUT2D eigenvalue weighted by Crippen LogP contribution is -2.14. The van der Waals surface area contributed by atoms with Gasteiger partial charge in [0.15, 0.2) is 0 Å². The third kappa shape index (κ3) is 3.01. The van der Waals surface area contributed by atoms with Crippen LogP contribution in [0.25, 0.3) is 11.1 Å². The Labute approximate surface area is 112 Å². The molecule has 3 N–H and O–H groups in total. The van der Waals surface area contributed by atoms with Crippen LogP contribution in [-0.2, 0) is 0 Å². The van der Waals surface area contributed by atoms with Crippen LogP contribution in [0.3, 0.4) is 0 Å². The summed E-state index contributed by atoms with van der Waals surface area (Å²) in [5, 5.41) is 3.14. The number of carbonyl (C=O) groups excluding carboxylic acids is 1. The summed E-state index contributed by atoms with van der Waals surface area (Å²) in [5.74, 6) is -0.439. The Bertz CT molecular complexity index is 591. The normalized spacial score (nSPS) is 9.89. The van der Waals surface area contributed by atoms with Crippen molar-refractivity contribution >= 4 is 11.6 Å². The van der Waals surface area contributed by atoms with E-state index >= 15 is 0 Å². The van der Waals surface area contributed by atoms with Gasteiger partial charge in [0.05, 0.1) is 5.56 Å². The van der Waals surface area contributed by atoms with Crippen molar-refractivity contribution in [3.8, 4) is 11.1 Å². The van der Waals surface area contributed by atoms with Gasteiger partial charge in [-0.3, -0.25) is 4.79 Å². The molecule has 3 heteroatoms. The second kappa shape index (κ2) is 5.87. The first-order valence-electron chi connectivity index (χ1n) is 6.06. The van der Waals surface area contributed by atoms with Gasteiger partial charge in [-0.2, -0.15) is 0 Å². The van der Waals surface area contributed by atoms with Crippen molar-refractivity contribution in [2.45, 2.75) is 0 Å². The van der Waals surface area contributed by atoms with Crippen molar-refractivity contribution in [3.05, 3.63) is 66.7 Å². The van der Waals surface area contributed by atoms with Crippen LogP contribution < -0.4 is 11.1 Å². The molecule has 2 aromatic rings. The van der Waals surface area contributed by atoms with E-state index in [0.717, 1.165) is 16.8 Å². The predicted molar refractivity (Wildman–Crippen MR) is 79.1 cm³/mol. The maximum atomic E-state index is 11.4. The van der Waals surface area contributed by atoms with E-state index in [1.807, 2.05) is 42.5 Å². The maximum Gasteiger partial charge on any atom is 0.250 e. The summed E-state index contributed by atoms with van der Waals surface area (Å²) in [4.78, 5) is 11.4. The molecule has 0 aliphatic heterocycles. The fourth-order valence-corrected chi connectivity index (χ4v) is 1.90. The quantitative estimate of drug-likeness (QED) is 0.803. The van der Waals surface area contributed by atoms with Crippen LogP contribution in [0.5, 0.6) is 0 Å². The molecule has 0 aliphatic rings. The summed E-state index contributed by atoms with van der Waals surface area (Å²) in [6, 6.07) is 15.6. The molecular formula is C16H16N2O. The number of nitrogens with two attached hydrogens (primary N) is 1. The number of anilines is 1. The third-order valence-electron chi connectivity index (χ3n) is 2.83. The van der Waals surface area contributed by atoms with Gasteiger partial charge in [0, 0.05) is 12.2 Å². The summed E-state index contributed by atoms with van der Waals surface area (Å²) in [6.45, 7) is 4.23. The monoisotopic (exact) mass is 252 g/mol. The van der Waals surface area contributed by atoms with Gasteiger partial charge in [0.2, 0.25) is 0 Å². The van der Waals surface area contributed by atoms with Crippen LogP contribution in [0.1, 0.15) is 10.4 Å². The molecule has 0 heterocycles. The molecule has 0 atom stereocenters. The molecule has 0 saturated carbocycles. The topological polar surface area (TPSA) is 55.1 Å². The number of hydrogen-bond donors (Lipinski definition) is 2. The molecule has 19 heavy (non-hydrogen) atoms. The molecule has 0 fully saturated rings. The molecule has 0 aromatic heterocycles. The Hall–Kier alpha value is -2.55. The zero-order valence-corrected chi connectivity index (χ0v) is 10.6. The number of benzene rings is 2. The lowest BCUT2D eigenvalue weighted by molar-refractivity contribution is 0.100. The standard InChI is InChI=1S/C16H16N2O/c1-2-10-18-15-11-13(8-9-14(15)16(17)19)12-6-4-3-5-7-12/h2-9,11,18H,1,10H2,(H2,17,19). The highest BCUT2D eigenvalue weighted by Crippen LogP contribution is 2.25. The van der Waals surface area contributed by atoms with Crippen molar-refractivity contribution in [3.63, 3.8) is 0 Å².